The molecular formula is C20H24N2O5. The van der Waals surface area contributed by atoms with E-state index in [1.807, 2.05) is 37.3 Å². The molecule has 144 valence electrons. The zero-order chi connectivity index (χ0) is 19.5. The summed E-state index contributed by atoms with van der Waals surface area (Å²) in [4.78, 5) is 11.0. The third-order valence-corrected chi connectivity index (χ3v) is 3.64. The first-order chi connectivity index (χ1) is 13.1. The van der Waals surface area contributed by atoms with Gasteiger partial charge < -0.3 is 18.9 Å². The molecule has 2 aromatic carbocycles. The molecular weight excluding hydrogens is 348 g/mol. The maximum absolute atomic E-state index is 11.0. The number of nitrogens with one attached hydrogen (secondary N) is 1. The van der Waals surface area contributed by atoms with Gasteiger partial charge in [0.05, 0.1) is 33.6 Å². The highest BCUT2D eigenvalue weighted by Crippen LogP contribution is 2.27. The Hall–Kier alpha value is -3.22. The van der Waals surface area contributed by atoms with E-state index in [0.29, 0.717) is 24.7 Å². The van der Waals surface area contributed by atoms with Gasteiger partial charge in [-0.1, -0.05) is 18.2 Å². The highest BCUT2D eigenvalue weighted by Gasteiger charge is 2.06. The minimum absolute atomic E-state index is 0.500. The molecule has 0 aliphatic carbocycles. The van der Waals surface area contributed by atoms with Crippen LogP contribution in [0.1, 0.15) is 17.5 Å². The first kappa shape index (κ1) is 20.1. The molecule has 7 nitrogen and oxygen atoms in total. The second-order valence-electron chi connectivity index (χ2n) is 5.59. The van der Waals surface area contributed by atoms with Crippen molar-refractivity contribution in [1.82, 2.24) is 5.43 Å². The van der Waals surface area contributed by atoms with Crippen LogP contribution >= 0.6 is 0 Å². The van der Waals surface area contributed by atoms with Crippen LogP contribution in [-0.2, 0) is 4.74 Å². The second kappa shape index (κ2) is 10.7. The molecule has 1 N–H and O–H groups in total. The fourth-order valence-corrected chi connectivity index (χ4v) is 2.23. The highest BCUT2D eigenvalue weighted by molar-refractivity contribution is 5.82. The van der Waals surface area contributed by atoms with Crippen LogP contribution in [0.15, 0.2) is 47.6 Å². The largest absolute Gasteiger partial charge is 0.493 e. The third kappa shape index (κ3) is 6.54. The standard InChI is InChI=1S/C20H24N2O5/c1-15-7-4-5-8-17(15)26-11-6-12-27-18-10-9-16(13-19(18)24-2)14-21-22-20(23)25-3/h4-5,7-10,13-14H,6,11-12H2,1-3H3,(H,22,23)/b21-14+. The normalized spacial score (nSPS) is 10.5. The number of amides is 1. The summed E-state index contributed by atoms with van der Waals surface area (Å²) in [7, 11) is 2.84. The molecule has 0 fully saturated rings. The van der Waals surface area contributed by atoms with Crippen molar-refractivity contribution >= 4 is 12.3 Å². The number of rotatable bonds is 9. The van der Waals surface area contributed by atoms with Crippen molar-refractivity contribution in [2.45, 2.75) is 13.3 Å². The van der Waals surface area contributed by atoms with Crippen molar-refractivity contribution in [2.24, 2.45) is 5.10 Å². The summed E-state index contributed by atoms with van der Waals surface area (Å²) in [6.07, 6.45) is 1.59. The van der Waals surface area contributed by atoms with Gasteiger partial charge in [0, 0.05) is 6.42 Å². The minimum atomic E-state index is -0.633. The van der Waals surface area contributed by atoms with E-state index in [9.17, 15) is 4.79 Å². The number of ether oxygens (including phenoxy) is 4. The number of benzene rings is 2. The van der Waals surface area contributed by atoms with Crippen LogP contribution in [0, 0.1) is 6.92 Å². The lowest BCUT2D eigenvalue weighted by Gasteiger charge is -2.12. The van der Waals surface area contributed by atoms with E-state index in [4.69, 9.17) is 14.2 Å². The third-order valence-electron chi connectivity index (χ3n) is 3.64. The summed E-state index contributed by atoms with van der Waals surface area (Å²) in [6.45, 7) is 3.08. The number of hydrogen-bond donors (Lipinski definition) is 1. The molecule has 0 aromatic heterocycles. The van der Waals surface area contributed by atoms with Crippen molar-refractivity contribution in [1.29, 1.82) is 0 Å². The van der Waals surface area contributed by atoms with Gasteiger partial charge >= 0.3 is 6.09 Å². The molecule has 0 spiro atoms. The number of aryl methyl sites for hydroxylation is 1. The first-order valence-corrected chi connectivity index (χ1v) is 8.50. The Bertz CT molecular complexity index is 777. The molecule has 0 bridgehead atoms. The molecule has 0 atom stereocenters. The number of para-hydroxylation sites is 1. The van der Waals surface area contributed by atoms with Gasteiger partial charge in [0.25, 0.3) is 0 Å². The first-order valence-electron chi connectivity index (χ1n) is 8.50. The number of hydrazone groups is 1. The second-order valence-corrected chi connectivity index (χ2v) is 5.59. The smallest absolute Gasteiger partial charge is 0.427 e. The summed E-state index contributed by atoms with van der Waals surface area (Å²) >= 11 is 0. The molecule has 2 rings (SSSR count). The number of nitrogens with zero attached hydrogens (tertiary/aromatic N) is 1. The minimum Gasteiger partial charge on any atom is -0.493 e. The molecule has 0 heterocycles. The Kier molecular flexibility index (Phi) is 7.96. The Balaban J connectivity index is 1.82. The topological polar surface area (TPSA) is 78.4 Å². The monoisotopic (exact) mass is 372 g/mol. The van der Waals surface area contributed by atoms with Crippen molar-refractivity contribution < 1.29 is 23.7 Å². The van der Waals surface area contributed by atoms with E-state index in [-0.39, 0.29) is 0 Å². The van der Waals surface area contributed by atoms with Gasteiger partial charge in [-0.05, 0) is 42.3 Å². The van der Waals surface area contributed by atoms with E-state index in [0.717, 1.165) is 23.3 Å². The molecule has 7 heteroatoms. The Labute approximate surface area is 158 Å². The molecule has 0 saturated heterocycles. The number of carbonyl (C=O) groups excluding carboxylic acids is 1. The number of methoxy groups -OCH3 is 2. The van der Waals surface area contributed by atoms with Crippen molar-refractivity contribution in [3.05, 3.63) is 53.6 Å². The lowest BCUT2D eigenvalue weighted by atomic mass is 10.2. The van der Waals surface area contributed by atoms with Gasteiger partial charge in [-0.2, -0.15) is 5.10 Å². The van der Waals surface area contributed by atoms with Crippen LogP contribution in [0.4, 0.5) is 4.79 Å². The van der Waals surface area contributed by atoms with E-state index in [2.05, 4.69) is 15.3 Å². The van der Waals surface area contributed by atoms with Crippen molar-refractivity contribution in [3.8, 4) is 17.2 Å². The summed E-state index contributed by atoms with van der Waals surface area (Å²) in [5, 5.41) is 3.78. The van der Waals surface area contributed by atoms with Gasteiger partial charge in [-0.3, -0.25) is 0 Å². The lowest BCUT2D eigenvalue weighted by Crippen LogP contribution is -2.16. The Morgan fingerprint density at radius 2 is 1.78 bits per heavy atom. The maximum atomic E-state index is 11.0. The summed E-state index contributed by atoms with van der Waals surface area (Å²) in [6, 6.07) is 13.3. The average Bonchev–Trinajstić information content (AvgIpc) is 2.69. The zero-order valence-corrected chi connectivity index (χ0v) is 15.7. The van der Waals surface area contributed by atoms with E-state index >= 15 is 0 Å². The lowest BCUT2D eigenvalue weighted by molar-refractivity contribution is 0.171. The molecule has 1 amide bonds. The molecule has 0 aliphatic heterocycles. The summed E-state index contributed by atoms with van der Waals surface area (Å²) < 4.78 is 21.3. The van der Waals surface area contributed by atoms with Crippen molar-refractivity contribution in [3.63, 3.8) is 0 Å². The maximum Gasteiger partial charge on any atom is 0.427 e. The molecule has 0 unspecified atom stereocenters. The summed E-state index contributed by atoms with van der Waals surface area (Å²) in [5.41, 5.74) is 4.08. The Morgan fingerprint density at radius 3 is 2.48 bits per heavy atom. The van der Waals surface area contributed by atoms with Crippen LogP contribution in [0.2, 0.25) is 0 Å². The van der Waals surface area contributed by atoms with Gasteiger partial charge in [-0.25, -0.2) is 10.2 Å². The summed E-state index contributed by atoms with van der Waals surface area (Å²) in [5.74, 6) is 2.10. The van der Waals surface area contributed by atoms with Crippen molar-refractivity contribution in [2.75, 3.05) is 27.4 Å². The fourth-order valence-electron chi connectivity index (χ4n) is 2.23. The molecule has 2 aromatic rings. The van der Waals surface area contributed by atoms with Crippen LogP contribution < -0.4 is 19.6 Å². The van der Waals surface area contributed by atoms with Gasteiger partial charge in [0.2, 0.25) is 0 Å². The van der Waals surface area contributed by atoms with Gasteiger partial charge in [0.1, 0.15) is 5.75 Å². The number of carbonyl (C=O) groups is 1. The number of hydrogen-bond acceptors (Lipinski definition) is 6. The fraction of sp³-hybridized carbons (Fsp3) is 0.300. The molecule has 27 heavy (non-hydrogen) atoms. The molecule has 0 aliphatic rings. The van der Waals surface area contributed by atoms with Gasteiger partial charge in [-0.15, -0.1) is 0 Å². The SMILES string of the molecule is COC(=O)N/N=C/c1ccc(OCCCOc2ccccc2C)c(OC)c1. The molecule has 0 saturated carbocycles. The van der Waals surface area contributed by atoms with Crippen LogP contribution in [-0.4, -0.2) is 39.7 Å². The average molecular weight is 372 g/mol. The predicted octanol–water partition coefficient (Wildman–Crippen LogP) is 3.54. The zero-order valence-electron chi connectivity index (χ0n) is 15.7. The predicted molar refractivity (Wildman–Crippen MR) is 103 cm³/mol. The van der Waals surface area contributed by atoms with Gasteiger partial charge in [0.15, 0.2) is 11.5 Å². The quantitative estimate of drug-likeness (QED) is 0.414. The van der Waals surface area contributed by atoms with E-state index < -0.39 is 6.09 Å². The van der Waals surface area contributed by atoms with Crippen LogP contribution in [0.3, 0.4) is 0 Å². The van der Waals surface area contributed by atoms with Crippen LogP contribution in [0.5, 0.6) is 17.2 Å². The highest BCUT2D eigenvalue weighted by atomic mass is 16.5. The van der Waals surface area contributed by atoms with Crippen LogP contribution in [0.25, 0.3) is 0 Å². The van der Waals surface area contributed by atoms with E-state index in [1.54, 1.807) is 19.2 Å². The van der Waals surface area contributed by atoms with E-state index in [1.165, 1.54) is 13.3 Å². The Morgan fingerprint density at radius 1 is 1.04 bits per heavy atom. The molecule has 0 radical (unpaired) electrons.